The fourth-order valence-corrected chi connectivity index (χ4v) is 3.95. The fraction of sp³-hybridized carbons (Fsp3) is 0.217. The van der Waals surface area contributed by atoms with Gasteiger partial charge in [0.1, 0.15) is 6.61 Å². The molecule has 1 heterocycles. The molecule has 0 spiro atoms. The SMILES string of the molecule is Cc1c(C(=O)O)ccn1CCNC(=O)OCC1c2ccccc2-c2ccccc21. The van der Waals surface area contributed by atoms with E-state index in [1.54, 1.807) is 23.8 Å². The number of carbonyl (C=O) groups excluding carboxylic acids is 1. The third kappa shape index (κ3) is 3.61. The average molecular weight is 390 g/mol. The highest BCUT2D eigenvalue weighted by molar-refractivity contribution is 5.89. The van der Waals surface area contributed by atoms with Crippen LogP contribution in [0.15, 0.2) is 60.8 Å². The number of aromatic carboxylic acids is 1. The summed E-state index contributed by atoms with van der Waals surface area (Å²) in [6.07, 6.45) is 1.23. The summed E-state index contributed by atoms with van der Waals surface area (Å²) in [4.78, 5) is 23.3. The predicted molar refractivity (Wildman–Crippen MR) is 109 cm³/mol. The summed E-state index contributed by atoms with van der Waals surface area (Å²) in [5.74, 6) is -0.927. The van der Waals surface area contributed by atoms with Gasteiger partial charge in [-0.05, 0) is 35.2 Å². The molecule has 0 atom stereocenters. The van der Waals surface area contributed by atoms with Crippen molar-refractivity contribution in [3.05, 3.63) is 83.2 Å². The minimum Gasteiger partial charge on any atom is -0.478 e. The van der Waals surface area contributed by atoms with E-state index in [0.717, 1.165) is 0 Å². The van der Waals surface area contributed by atoms with Crippen molar-refractivity contribution in [3.8, 4) is 11.1 Å². The summed E-state index contributed by atoms with van der Waals surface area (Å²) in [6.45, 7) is 2.84. The molecule has 1 amide bonds. The van der Waals surface area contributed by atoms with Gasteiger partial charge in [0.25, 0.3) is 0 Å². The maximum atomic E-state index is 12.2. The average Bonchev–Trinajstić information content (AvgIpc) is 3.25. The van der Waals surface area contributed by atoms with Gasteiger partial charge in [-0.2, -0.15) is 0 Å². The van der Waals surface area contributed by atoms with Crippen LogP contribution in [0.4, 0.5) is 4.79 Å². The molecule has 6 heteroatoms. The molecule has 0 fully saturated rings. The molecule has 0 saturated carbocycles. The molecule has 2 N–H and O–H groups in total. The van der Waals surface area contributed by atoms with Crippen molar-refractivity contribution in [1.82, 2.24) is 9.88 Å². The number of carboxylic acid groups (broad SMARTS) is 1. The predicted octanol–water partition coefficient (Wildman–Crippen LogP) is 4.03. The maximum absolute atomic E-state index is 12.2. The molecule has 2 aromatic carbocycles. The number of benzene rings is 2. The van der Waals surface area contributed by atoms with Crippen molar-refractivity contribution < 1.29 is 19.4 Å². The van der Waals surface area contributed by atoms with Gasteiger partial charge in [-0.25, -0.2) is 9.59 Å². The Morgan fingerprint density at radius 3 is 2.24 bits per heavy atom. The van der Waals surface area contributed by atoms with E-state index < -0.39 is 12.1 Å². The molecule has 3 aromatic rings. The maximum Gasteiger partial charge on any atom is 0.407 e. The summed E-state index contributed by atoms with van der Waals surface area (Å²) in [5, 5.41) is 11.8. The van der Waals surface area contributed by atoms with E-state index in [-0.39, 0.29) is 18.1 Å². The third-order valence-corrected chi connectivity index (χ3v) is 5.44. The number of hydrogen-bond donors (Lipinski definition) is 2. The molecule has 29 heavy (non-hydrogen) atoms. The van der Waals surface area contributed by atoms with Gasteiger partial charge >= 0.3 is 12.1 Å². The lowest BCUT2D eigenvalue weighted by Gasteiger charge is -2.15. The number of rotatable bonds is 6. The van der Waals surface area contributed by atoms with Crippen LogP contribution in [0.3, 0.4) is 0 Å². The van der Waals surface area contributed by atoms with Crippen LogP contribution in [0, 0.1) is 6.92 Å². The first-order valence-electron chi connectivity index (χ1n) is 9.54. The number of carbonyl (C=O) groups is 2. The minimum absolute atomic E-state index is 0.0259. The topological polar surface area (TPSA) is 80.6 Å². The first-order chi connectivity index (χ1) is 14.1. The molecule has 1 aliphatic carbocycles. The van der Waals surface area contributed by atoms with E-state index in [9.17, 15) is 9.59 Å². The second-order valence-corrected chi connectivity index (χ2v) is 7.07. The number of nitrogens with one attached hydrogen (secondary N) is 1. The van der Waals surface area contributed by atoms with Crippen molar-refractivity contribution in [3.63, 3.8) is 0 Å². The van der Waals surface area contributed by atoms with Crippen LogP contribution in [-0.4, -0.2) is 34.9 Å². The van der Waals surface area contributed by atoms with Crippen molar-refractivity contribution in [2.24, 2.45) is 0 Å². The van der Waals surface area contributed by atoms with Crippen LogP contribution in [0.1, 0.15) is 33.1 Å². The van der Waals surface area contributed by atoms with E-state index in [1.165, 1.54) is 22.3 Å². The van der Waals surface area contributed by atoms with E-state index >= 15 is 0 Å². The van der Waals surface area contributed by atoms with Crippen molar-refractivity contribution in [1.29, 1.82) is 0 Å². The van der Waals surface area contributed by atoms with Crippen LogP contribution in [-0.2, 0) is 11.3 Å². The third-order valence-electron chi connectivity index (χ3n) is 5.44. The summed E-state index contributed by atoms with van der Waals surface area (Å²) < 4.78 is 7.30. The molecule has 0 unspecified atom stereocenters. The molecular formula is C23H22N2O4. The molecule has 1 aromatic heterocycles. The lowest BCUT2D eigenvalue weighted by atomic mass is 9.98. The summed E-state index contributed by atoms with van der Waals surface area (Å²) in [5.41, 5.74) is 5.65. The van der Waals surface area contributed by atoms with E-state index in [0.29, 0.717) is 18.8 Å². The van der Waals surface area contributed by atoms with Crippen LogP contribution in [0.2, 0.25) is 0 Å². The van der Waals surface area contributed by atoms with Crippen LogP contribution < -0.4 is 5.32 Å². The molecule has 0 bridgehead atoms. The molecule has 4 rings (SSSR count). The Morgan fingerprint density at radius 1 is 1.03 bits per heavy atom. The molecule has 148 valence electrons. The molecule has 6 nitrogen and oxygen atoms in total. The van der Waals surface area contributed by atoms with Gasteiger partial charge in [-0.15, -0.1) is 0 Å². The number of amides is 1. The Hall–Kier alpha value is -3.54. The zero-order chi connectivity index (χ0) is 20.4. The van der Waals surface area contributed by atoms with Gasteiger partial charge in [0.05, 0.1) is 5.56 Å². The normalized spacial score (nSPS) is 12.3. The Kier molecular flexibility index (Phi) is 5.08. The minimum atomic E-state index is -0.953. The van der Waals surface area contributed by atoms with Crippen LogP contribution >= 0.6 is 0 Å². The number of fused-ring (bicyclic) bond motifs is 3. The smallest absolute Gasteiger partial charge is 0.407 e. The Labute approximate surface area is 168 Å². The number of hydrogen-bond acceptors (Lipinski definition) is 3. The zero-order valence-corrected chi connectivity index (χ0v) is 16.1. The number of carboxylic acids is 1. The highest BCUT2D eigenvalue weighted by Crippen LogP contribution is 2.44. The molecule has 0 radical (unpaired) electrons. The quantitative estimate of drug-likeness (QED) is 0.666. The highest BCUT2D eigenvalue weighted by Gasteiger charge is 2.28. The Bertz CT molecular complexity index is 1020. The number of alkyl carbamates (subject to hydrolysis) is 1. The van der Waals surface area contributed by atoms with Crippen molar-refractivity contribution in [2.75, 3.05) is 13.2 Å². The van der Waals surface area contributed by atoms with E-state index in [1.807, 2.05) is 24.3 Å². The largest absolute Gasteiger partial charge is 0.478 e. The van der Waals surface area contributed by atoms with Gasteiger partial charge in [-0.1, -0.05) is 48.5 Å². The fourth-order valence-electron chi connectivity index (χ4n) is 3.95. The highest BCUT2D eigenvalue weighted by atomic mass is 16.5. The van der Waals surface area contributed by atoms with Crippen LogP contribution in [0.5, 0.6) is 0 Å². The monoisotopic (exact) mass is 390 g/mol. The second-order valence-electron chi connectivity index (χ2n) is 7.07. The van der Waals surface area contributed by atoms with Gasteiger partial charge in [0.2, 0.25) is 0 Å². The lowest BCUT2D eigenvalue weighted by Crippen LogP contribution is -2.29. The number of ether oxygens (including phenoxy) is 1. The second kappa shape index (κ2) is 7.83. The van der Waals surface area contributed by atoms with E-state index in [4.69, 9.17) is 9.84 Å². The summed E-state index contributed by atoms with van der Waals surface area (Å²) in [6, 6.07) is 18.0. The number of aromatic nitrogens is 1. The first kappa shape index (κ1) is 18.8. The summed E-state index contributed by atoms with van der Waals surface area (Å²) >= 11 is 0. The zero-order valence-electron chi connectivity index (χ0n) is 16.1. The Balaban J connectivity index is 1.34. The molecule has 0 aliphatic heterocycles. The van der Waals surface area contributed by atoms with E-state index in [2.05, 4.69) is 29.6 Å². The first-order valence-corrected chi connectivity index (χ1v) is 9.54. The Morgan fingerprint density at radius 2 is 1.66 bits per heavy atom. The summed E-state index contributed by atoms with van der Waals surface area (Å²) in [7, 11) is 0. The van der Waals surface area contributed by atoms with Crippen LogP contribution in [0.25, 0.3) is 11.1 Å². The van der Waals surface area contributed by atoms with Crippen molar-refractivity contribution in [2.45, 2.75) is 19.4 Å². The van der Waals surface area contributed by atoms with Gasteiger partial charge < -0.3 is 19.7 Å². The standard InChI is InChI=1S/C23H22N2O4/c1-15-16(22(26)27)10-12-25(15)13-11-24-23(28)29-14-21-19-8-4-2-6-17(19)18-7-3-5-9-20(18)21/h2-10,12,21H,11,13-14H2,1H3,(H,24,28)(H,26,27). The molecule has 0 saturated heterocycles. The molecular weight excluding hydrogens is 368 g/mol. The van der Waals surface area contributed by atoms with Gasteiger partial charge in [0, 0.05) is 30.9 Å². The number of nitrogens with zero attached hydrogens (tertiary/aromatic N) is 1. The molecule has 1 aliphatic rings. The lowest BCUT2D eigenvalue weighted by molar-refractivity contribution is 0.0696. The van der Waals surface area contributed by atoms with Gasteiger partial charge in [-0.3, -0.25) is 0 Å². The van der Waals surface area contributed by atoms with Crippen molar-refractivity contribution >= 4 is 12.1 Å². The van der Waals surface area contributed by atoms with Gasteiger partial charge in [0.15, 0.2) is 0 Å².